The number of hydrogen-bond acceptors (Lipinski definition) is 3. The molecule has 0 atom stereocenters. The minimum atomic E-state index is -0.287. The molecule has 4 rings (SSSR count). The molecule has 158 valence electrons. The largest absolute Gasteiger partial charge is 0.332 e. The van der Waals surface area contributed by atoms with E-state index in [9.17, 15) is 9.59 Å². The van der Waals surface area contributed by atoms with Crippen molar-refractivity contribution in [3.63, 3.8) is 0 Å². The van der Waals surface area contributed by atoms with Crippen LogP contribution in [0.25, 0.3) is 10.8 Å². The van der Waals surface area contributed by atoms with E-state index in [1.807, 2.05) is 36.4 Å². The smallest absolute Gasteiger partial charge is 0.258 e. The van der Waals surface area contributed by atoms with Gasteiger partial charge in [-0.1, -0.05) is 54.1 Å². The lowest BCUT2D eigenvalue weighted by molar-refractivity contribution is 0.0978. The van der Waals surface area contributed by atoms with E-state index in [1.165, 1.54) is 0 Å². The third-order valence-electron chi connectivity index (χ3n) is 4.75. The molecule has 0 saturated heterocycles. The zero-order valence-electron chi connectivity index (χ0n) is 16.8. The molecule has 0 radical (unpaired) electrons. The fourth-order valence-corrected chi connectivity index (χ4v) is 3.63. The number of halogens is 1. The van der Waals surface area contributed by atoms with Gasteiger partial charge < -0.3 is 10.6 Å². The first-order chi connectivity index (χ1) is 15.5. The zero-order valence-corrected chi connectivity index (χ0v) is 18.3. The molecule has 0 heterocycles. The first kappa shape index (κ1) is 21.5. The van der Waals surface area contributed by atoms with Crippen LogP contribution >= 0.6 is 23.8 Å². The van der Waals surface area contributed by atoms with Crippen LogP contribution in [0.4, 0.5) is 11.4 Å². The highest BCUT2D eigenvalue weighted by Crippen LogP contribution is 2.19. The topological polar surface area (TPSA) is 70.2 Å². The monoisotopic (exact) mass is 459 g/mol. The molecule has 0 aromatic heterocycles. The summed E-state index contributed by atoms with van der Waals surface area (Å²) >= 11 is 11.2. The number of thiocarbonyl (C=S) groups is 1. The molecule has 0 aliphatic carbocycles. The Balaban J connectivity index is 1.37. The second-order valence-corrected chi connectivity index (χ2v) is 7.82. The molecule has 0 unspecified atom stereocenters. The van der Waals surface area contributed by atoms with E-state index in [-0.39, 0.29) is 16.9 Å². The van der Waals surface area contributed by atoms with Gasteiger partial charge in [0, 0.05) is 27.5 Å². The van der Waals surface area contributed by atoms with E-state index in [0.717, 1.165) is 10.8 Å². The summed E-state index contributed by atoms with van der Waals surface area (Å²) in [7, 11) is 0. The predicted molar refractivity (Wildman–Crippen MR) is 133 cm³/mol. The molecule has 0 fully saturated rings. The quantitative estimate of drug-likeness (QED) is 0.334. The van der Waals surface area contributed by atoms with Crippen LogP contribution in [0.15, 0.2) is 91.0 Å². The van der Waals surface area contributed by atoms with E-state index in [1.54, 1.807) is 54.6 Å². The summed E-state index contributed by atoms with van der Waals surface area (Å²) in [4.78, 5) is 25.0. The average molecular weight is 460 g/mol. The van der Waals surface area contributed by atoms with Gasteiger partial charge in [-0.15, -0.1) is 0 Å². The van der Waals surface area contributed by atoms with Crippen LogP contribution in [0.1, 0.15) is 20.7 Å². The van der Waals surface area contributed by atoms with E-state index >= 15 is 0 Å². The Hall–Kier alpha value is -3.74. The molecule has 0 aliphatic heterocycles. The first-order valence-electron chi connectivity index (χ1n) is 9.77. The Morgan fingerprint density at radius 3 is 2.12 bits per heavy atom. The van der Waals surface area contributed by atoms with Crippen LogP contribution in [-0.4, -0.2) is 16.9 Å². The summed E-state index contributed by atoms with van der Waals surface area (Å²) in [5.74, 6) is -0.546. The number of hydrogen-bond donors (Lipinski definition) is 3. The average Bonchev–Trinajstić information content (AvgIpc) is 2.80. The van der Waals surface area contributed by atoms with Crippen molar-refractivity contribution in [3.05, 3.63) is 107 Å². The van der Waals surface area contributed by atoms with Gasteiger partial charge in [-0.3, -0.25) is 14.9 Å². The fourth-order valence-electron chi connectivity index (χ4n) is 3.23. The van der Waals surface area contributed by atoms with Gasteiger partial charge in [-0.25, -0.2) is 0 Å². The van der Waals surface area contributed by atoms with Crippen LogP contribution in [0.5, 0.6) is 0 Å². The molecule has 32 heavy (non-hydrogen) atoms. The van der Waals surface area contributed by atoms with E-state index in [0.29, 0.717) is 27.5 Å². The molecule has 0 spiro atoms. The van der Waals surface area contributed by atoms with Gasteiger partial charge in [0.15, 0.2) is 5.11 Å². The number of benzene rings is 4. The van der Waals surface area contributed by atoms with Gasteiger partial charge in [0.1, 0.15) is 0 Å². The molecule has 5 nitrogen and oxygen atoms in total. The predicted octanol–water partition coefficient (Wildman–Crippen LogP) is 5.87. The third-order valence-corrected chi connectivity index (χ3v) is 5.19. The Kier molecular flexibility index (Phi) is 6.44. The summed E-state index contributed by atoms with van der Waals surface area (Å²) in [5.41, 5.74) is 2.31. The summed E-state index contributed by atoms with van der Waals surface area (Å²) in [6, 6.07) is 26.9. The maximum atomic E-state index is 12.7. The number of fused-ring (bicyclic) bond motifs is 1. The highest BCUT2D eigenvalue weighted by molar-refractivity contribution is 7.80. The lowest BCUT2D eigenvalue weighted by Gasteiger charge is -2.12. The third kappa shape index (κ3) is 5.11. The molecule has 0 bridgehead atoms. The van der Waals surface area contributed by atoms with Crippen LogP contribution < -0.4 is 16.0 Å². The standard InChI is InChI=1S/C25H18ClN3O2S/c26-18-8-3-7-17(15-18)23(30)27-19-11-13-20(14-12-19)28-25(32)29-24(31)22-10-4-6-16-5-1-2-9-21(16)22/h1-15H,(H,27,30)(H2,28,29,31,32). The summed E-state index contributed by atoms with van der Waals surface area (Å²) in [6.07, 6.45) is 0. The fraction of sp³-hybridized carbons (Fsp3) is 0. The van der Waals surface area contributed by atoms with Gasteiger partial charge >= 0.3 is 0 Å². The number of nitrogens with one attached hydrogen (secondary N) is 3. The summed E-state index contributed by atoms with van der Waals surface area (Å²) in [5, 5.41) is 11.0. The van der Waals surface area contributed by atoms with Crippen molar-refractivity contribution >= 4 is 62.9 Å². The molecule has 0 saturated carbocycles. The van der Waals surface area contributed by atoms with E-state index in [4.69, 9.17) is 23.8 Å². The lowest BCUT2D eigenvalue weighted by atomic mass is 10.0. The maximum absolute atomic E-state index is 12.7. The number of rotatable bonds is 4. The normalized spacial score (nSPS) is 10.4. The Morgan fingerprint density at radius 1 is 0.719 bits per heavy atom. The highest BCUT2D eigenvalue weighted by Gasteiger charge is 2.12. The second-order valence-electron chi connectivity index (χ2n) is 6.98. The molecule has 4 aromatic carbocycles. The van der Waals surface area contributed by atoms with E-state index in [2.05, 4.69) is 16.0 Å². The molecular weight excluding hydrogens is 442 g/mol. The molecule has 0 aliphatic rings. The van der Waals surface area contributed by atoms with Crippen LogP contribution in [0.3, 0.4) is 0 Å². The maximum Gasteiger partial charge on any atom is 0.258 e. The Labute approximate surface area is 195 Å². The highest BCUT2D eigenvalue weighted by atomic mass is 35.5. The molecule has 2 amide bonds. The minimum Gasteiger partial charge on any atom is -0.332 e. The zero-order chi connectivity index (χ0) is 22.5. The SMILES string of the molecule is O=C(Nc1ccc(NC(=S)NC(=O)c2cccc3ccccc23)cc1)c1cccc(Cl)c1. The van der Waals surface area contributed by atoms with E-state index < -0.39 is 0 Å². The van der Waals surface area contributed by atoms with Gasteiger partial charge in [0.05, 0.1) is 0 Å². The molecule has 3 N–H and O–H groups in total. The minimum absolute atomic E-state index is 0.179. The molecule has 4 aromatic rings. The van der Waals surface area contributed by atoms with Crippen LogP contribution in [-0.2, 0) is 0 Å². The number of anilines is 2. The van der Waals surface area contributed by atoms with Gasteiger partial charge in [0.2, 0.25) is 0 Å². The van der Waals surface area contributed by atoms with Crippen molar-refractivity contribution in [1.82, 2.24) is 5.32 Å². The van der Waals surface area contributed by atoms with Crippen molar-refractivity contribution in [2.75, 3.05) is 10.6 Å². The van der Waals surface area contributed by atoms with Crippen LogP contribution in [0, 0.1) is 0 Å². The lowest BCUT2D eigenvalue weighted by Crippen LogP contribution is -2.34. The van der Waals surface area contributed by atoms with Gasteiger partial charge in [-0.2, -0.15) is 0 Å². The summed E-state index contributed by atoms with van der Waals surface area (Å²) in [6.45, 7) is 0. The number of carbonyl (C=O) groups excluding carboxylic acids is 2. The second kappa shape index (κ2) is 9.60. The molecule has 7 heteroatoms. The van der Waals surface area contributed by atoms with Crippen molar-refractivity contribution in [3.8, 4) is 0 Å². The Bertz CT molecular complexity index is 1320. The van der Waals surface area contributed by atoms with Gasteiger partial charge in [0.25, 0.3) is 11.8 Å². The van der Waals surface area contributed by atoms with Crippen molar-refractivity contribution in [2.45, 2.75) is 0 Å². The Morgan fingerprint density at radius 2 is 1.38 bits per heavy atom. The number of amides is 2. The molecular formula is C25H18ClN3O2S. The van der Waals surface area contributed by atoms with Gasteiger partial charge in [-0.05, 0) is 71.5 Å². The van der Waals surface area contributed by atoms with Crippen molar-refractivity contribution in [2.24, 2.45) is 0 Å². The summed E-state index contributed by atoms with van der Waals surface area (Å²) < 4.78 is 0. The first-order valence-corrected chi connectivity index (χ1v) is 10.6. The van der Waals surface area contributed by atoms with Crippen molar-refractivity contribution < 1.29 is 9.59 Å². The van der Waals surface area contributed by atoms with Crippen LogP contribution in [0.2, 0.25) is 5.02 Å². The van der Waals surface area contributed by atoms with Crippen molar-refractivity contribution in [1.29, 1.82) is 0 Å². The number of carbonyl (C=O) groups is 2.